The molecule has 3 N–H and O–H groups in total. The van der Waals surface area contributed by atoms with Gasteiger partial charge < -0.3 is 0 Å². The molecule has 0 aliphatic heterocycles. The summed E-state index contributed by atoms with van der Waals surface area (Å²) in [7, 11) is 0. The first-order valence-corrected chi connectivity index (χ1v) is 6.45. The van der Waals surface area contributed by atoms with Gasteiger partial charge in [0.05, 0.1) is 6.04 Å². The van der Waals surface area contributed by atoms with Crippen LogP contribution in [-0.4, -0.2) is 0 Å². The van der Waals surface area contributed by atoms with Gasteiger partial charge in [-0.3, -0.25) is 5.84 Å². The Balaban J connectivity index is 2.48. The molecule has 0 aliphatic rings. The van der Waals surface area contributed by atoms with Gasteiger partial charge in [0.15, 0.2) is 0 Å². The van der Waals surface area contributed by atoms with Crippen LogP contribution in [0.1, 0.15) is 17.2 Å². The first kappa shape index (κ1) is 13.5. The Hall–Kier alpha value is -0.940. The fourth-order valence-electron chi connectivity index (χ4n) is 1.79. The van der Waals surface area contributed by atoms with Crippen molar-refractivity contribution in [2.45, 2.75) is 6.04 Å². The number of rotatable bonds is 3. The Morgan fingerprint density at radius 1 is 1.22 bits per heavy atom. The van der Waals surface area contributed by atoms with E-state index in [1.807, 2.05) is 12.1 Å². The number of halogens is 3. The second kappa shape index (κ2) is 5.80. The maximum Gasteiger partial charge on any atom is 0.123 e. The zero-order chi connectivity index (χ0) is 13.1. The third-order valence-corrected chi connectivity index (χ3v) is 3.46. The van der Waals surface area contributed by atoms with Gasteiger partial charge in [0.1, 0.15) is 5.82 Å². The minimum Gasteiger partial charge on any atom is -0.271 e. The van der Waals surface area contributed by atoms with Crippen LogP contribution in [0.2, 0.25) is 5.02 Å². The molecule has 0 aliphatic carbocycles. The molecule has 94 valence electrons. The Kier molecular flexibility index (Phi) is 4.35. The summed E-state index contributed by atoms with van der Waals surface area (Å²) in [6.45, 7) is 0. The number of hydrazine groups is 1. The molecule has 0 radical (unpaired) electrons. The highest BCUT2D eigenvalue weighted by Crippen LogP contribution is 2.30. The predicted octanol–water partition coefficient (Wildman–Crippen LogP) is 3.79. The second-order valence-electron chi connectivity index (χ2n) is 3.82. The van der Waals surface area contributed by atoms with Crippen LogP contribution in [0.15, 0.2) is 46.9 Å². The van der Waals surface area contributed by atoms with E-state index in [9.17, 15) is 4.39 Å². The Morgan fingerprint density at radius 3 is 2.67 bits per heavy atom. The summed E-state index contributed by atoms with van der Waals surface area (Å²) in [6, 6.07) is 11.4. The SMILES string of the molecule is NNC(c1cccc(F)c1)c1cc(Br)ccc1Cl. The van der Waals surface area contributed by atoms with Crippen LogP contribution in [-0.2, 0) is 0 Å². The minimum atomic E-state index is -0.356. The standard InChI is InChI=1S/C13H11BrClFN2/c14-9-4-5-12(15)11(7-9)13(18-17)8-2-1-3-10(16)6-8/h1-7,13,18H,17H2. The van der Waals surface area contributed by atoms with Gasteiger partial charge in [-0.2, -0.15) is 0 Å². The fourth-order valence-corrected chi connectivity index (χ4v) is 2.39. The highest BCUT2D eigenvalue weighted by molar-refractivity contribution is 9.10. The van der Waals surface area contributed by atoms with Crippen LogP contribution in [0.3, 0.4) is 0 Å². The lowest BCUT2D eigenvalue weighted by Gasteiger charge is -2.18. The Labute approximate surface area is 118 Å². The molecule has 1 unspecified atom stereocenters. The van der Waals surface area contributed by atoms with Crippen molar-refractivity contribution < 1.29 is 4.39 Å². The fraction of sp³-hybridized carbons (Fsp3) is 0.0769. The van der Waals surface area contributed by atoms with Crippen molar-refractivity contribution in [1.29, 1.82) is 0 Å². The molecule has 0 bridgehead atoms. The van der Waals surface area contributed by atoms with E-state index in [2.05, 4.69) is 21.4 Å². The van der Waals surface area contributed by atoms with Gasteiger partial charge in [-0.05, 0) is 41.5 Å². The van der Waals surface area contributed by atoms with E-state index in [-0.39, 0.29) is 11.9 Å². The average molecular weight is 330 g/mol. The quantitative estimate of drug-likeness (QED) is 0.664. The summed E-state index contributed by atoms with van der Waals surface area (Å²) in [5.41, 5.74) is 4.17. The lowest BCUT2D eigenvalue weighted by Crippen LogP contribution is -2.29. The van der Waals surface area contributed by atoms with Crippen LogP contribution < -0.4 is 11.3 Å². The Morgan fingerprint density at radius 2 is 2.00 bits per heavy atom. The summed E-state index contributed by atoms with van der Waals surface area (Å²) in [5.74, 6) is 5.25. The predicted molar refractivity (Wildman–Crippen MR) is 74.7 cm³/mol. The molecule has 18 heavy (non-hydrogen) atoms. The minimum absolute atomic E-state index is 0.307. The van der Waals surface area contributed by atoms with E-state index in [4.69, 9.17) is 17.4 Å². The molecular formula is C13H11BrClFN2. The van der Waals surface area contributed by atoms with Gasteiger partial charge in [0.25, 0.3) is 0 Å². The van der Waals surface area contributed by atoms with Crippen LogP contribution in [0.4, 0.5) is 4.39 Å². The van der Waals surface area contributed by atoms with E-state index < -0.39 is 0 Å². The lowest BCUT2D eigenvalue weighted by atomic mass is 9.99. The molecule has 0 fully saturated rings. The monoisotopic (exact) mass is 328 g/mol. The van der Waals surface area contributed by atoms with Gasteiger partial charge in [0, 0.05) is 9.50 Å². The van der Waals surface area contributed by atoms with Crippen molar-refractivity contribution in [2.75, 3.05) is 0 Å². The number of nitrogens with one attached hydrogen (secondary N) is 1. The molecule has 2 aromatic rings. The molecule has 5 heteroatoms. The van der Waals surface area contributed by atoms with Crippen molar-refractivity contribution in [3.8, 4) is 0 Å². The molecule has 0 aromatic heterocycles. The normalized spacial score (nSPS) is 12.4. The molecule has 0 spiro atoms. The molecule has 0 heterocycles. The van der Waals surface area contributed by atoms with Crippen LogP contribution >= 0.6 is 27.5 Å². The van der Waals surface area contributed by atoms with Crippen molar-refractivity contribution >= 4 is 27.5 Å². The highest BCUT2D eigenvalue weighted by atomic mass is 79.9. The summed E-state index contributed by atoms with van der Waals surface area (Å²) in [4.78, 5) is 0. The van der Waals surface area contributed by atoms with Crippen LogP contribution in [0.25, 0.3) is 0 Å². The number of hydrogen-bond donors (Lipinski definition) is 2. The summed E-state index contributed by atoms with van der Waals surface area (Å²) in [5, 5.41) is 0.574. The molecule has 2 rings (SSSR count). The van der Waals surface area contributed by atoms with E-state index in [0.29, 0.717) is 5.02 Å². The molecule has 2 nitrogen and oxygen atoms in total. The van der Waals surface area contributed by atoms with Crippen LogP contribution in [0.5, 0.6) is 0 Å². The van der Waals surface area contributed by atoms with E-state index in [1.165, 1.54) is 12.1 Å². The first-order valence-electron chi connectivity index (χ1n) is 5.28. The van der Waals surface area contributed by atoms with Crippen molar-refractivity contribution in [3.05, 3.63) is 68.9 Å². The van der Waals surface area contributed by atoms with Gasteiger partial charge in [-0.25, -0.2) is 9.82 Å². The second-order valence-corrected chi connectivity index (χ2v) is 5.14. The summed E-state index contributed by atoms with van der Waals surface area (Å²) < 4.78 is 14.1. The number of nitrogens with two attached hydrogens (primary N) is 1. The first-order chi connectivity index (χ1) is 8.61. The smallest absolute Gasteiger partial charge is 0.123 e. The van der Waals surface area contributed by atoms with Crippen molar-refractivity contribution in [1.82, 2.24) is 5.43 Å². The zero-order valence-corrected chi connectivity index (χ0v) is 11.7. The molecule has 0 amide bonds. The largest absolute Gasteiger partial charge is 0.271 e. The molecule has 0 saturated carbocycles. The topological polar surface area (TPSA) is 38.0 Å². The van der Waals surface area contributed by atoms with Crippen molar-refractivity contribution in [2.24, 2.45) is 5.84 Å². The van der Waals surface area contributed by atoms with Gasteiger partial charge >= 0.3 is 0 Å². The van der Waals surface area contributed by atoms with Gasteiger partial charge in [0.2, 0.25) is 0 Å². The van der Waals surface area contributed by atoms with Gasteiger partial charge in [-0.15, -0.1) is 0 Å². The lowest BCUT2D eigenvalue weighted by molar-refractivity contribution is 0.605. The van der Waals surface area contributed by atoms with Gasteiger partial charge in [-0.1, -0.05) is 39.7 Å². The number of hydrogen-bond acceptors (Lipinski definition) is 2. The summed E-state index contributed by atoms with van der Waals surface area (Å²) in [6.07, 6.45) is 0. The third kappa shape index (κ3) is 2.90. The van der Waals surface area contributed by atoms with E-state index in [1.54, 1.807) is 18.2 Å². The van der Waals surface area contributed by atoms with Crippen molar-refractivity contribution in [3.63, 3.8) is 0 Å². The highest BCUT2D eigenvalue weighted by Gasteiger charge is 2.16. The zero-order valence-electron chi connectivity index (χ0n) is 9.33. The molecule has 1 atom stereocenters. The molecule has 2 aromatic carbocycles. The Bertz CT molecular complexity index is 562. The maximum absolute atomic E-state index is 13.2. The van der Waals surface area contributed by atoms with Crippen LogP contribution in [0, 0.1) is 5.82 Å². The third-order valence-electron chi connectivity index (χ3n) is 2.62. The average Bonchev–Trinajstić information content (AvgIpc) is 2.35. The van der Waals surface area contributed by atoms with E-state index in [0.717, 1.165) is 15.6 Å². The van der Waals surface area contributed by atoms with E-state index >= 15 is 0 Å². The molecular weight excluding hydrogens is 319 g/mol. The molecule has 0 saturated heterocycles. The summed E-state index contributed by atoms with van der Waals surface area (Å²) >= 11 is 9.53. The number of benzene rings is 2. The maximum atomic E-state index is 13.2.